The van der Waals surface area contributed by atoms with Crippen molar-refractivity contribution < 1.29 is 9.84 Å². The maximum absolute atomic E-state index is 10.2. The lowest BCUT2D eigenvalue weighted by Crippen LogP contribution is -2.35. The third-order valence-electron chi connectivity index (χ3n) is 3.68. The minimum atomic E-state index is -0.0319. The highest BCUT2D eigenvalue weighted by atomic mass is 16.5. The number of phenols is 1. The van der Waals surface area contributed by atoms with Gasteiger partial charge in [-0.25, -0.2) is 0 Å². The van der Waals surface area contributed by atoms with Gasteiger partial charge in [0.05, 0.1) is 13.2 Å². The van der Waals surface area contributed by atoms with Crippen LogP contribution in [-0.2, 0) is 16.7 Å². The fourth-order valence-corrected chi connectivity index (χ4v) is 2.53. The van der Waals surface area contributed by atoms with Crippen LogP contribution < -0.4 is 0 Å². The Hall–Kier alpha value is -1.06. The van der Waals surface area contributed by atoms with Crippen molar-refractivity contribution in [3.8, 4) is 5.75 Å². The number of morpholine rings is 1. The molecule has 1 aromatic carbocycles. The van der Waals surface area contributed by atoms with Gasteiger partial charge in [-0.2, -0.15) is 0 Å². The van der Waals surface area contributed by atoms with Gasteiger partial charge in [0.15, 0.2) is 0 Å². The second-order valence-electron chi connectivity index (χ2n) is 6.45. The number of ether oxygens (including phenoxy) is 1. The second kappa shape index (κ2) is 5.51. The number of nitrogens with zero attached hydrogens (tertiary/aromatic N) is 1. The molecule has 1 saturated heterocycles. The number of hydrogen-bond acceptors (Lipinski definition) is 3. The Morgan fingerprint density at radius 2 is 1.84 bits per heavy atom. The quantitative estimate of drug-likeness (QED) is 0.890. The molecular formula is C16H25NO2. The number of hydrogen-bond donors (Lipinski definition) is 1. The Kier molecular flexibility index (Phi) is 4.16. The van der Waals surface area contributed by atoms with Crippen LogP contribution in [0.4, 0.5) is 0 Å². The van der Waals surface area contributed by atoms with Crippen LogP contribution in [0.2, 0.25) is 0 Å². The topological polar surface area (TPSA) is 32.7 Å². The van der Waals surface area contributed by atoms with E-state index >= 15 is 0 Å². The largest absolute Gasteiger partial charge is 0.507 e. The molecule has 0 radical (unpaired) electrons. The molecule has 0 saturated carbocycles. The first-order chi connectivity index (χ1) is 8.88. The molecule has 1 aliphatic heterocycles. The molecular weight excluding hydrogens is 238 g/mol. The van der Waals surface area contributed by atoms with Crippen molar-refractivity contribution in [2.75, 3.05) is 26.3 Å². The predicted octanol–water partition coefficient (Wildman–Crippen LogP) is 2.83. The molecule has 0 amide bonds. The van der Waals surface area contributed by atoms with Crippen molar-refractivity contribution >= 4 is 0 Å². The van der Waals surface area contributed by atoms with Crippen LogP contribution in [0, 0.1) is 6.92 Å². The molecule has 0 atom stereocenters. The maximum atomic E-state index is 10.2. The summed E-state index contributed by atoms with van der Waals surface area (Å²) in [5, 5.41) is 10.2. The number of phenolic OH excluding ortho intramolecular Hbond substituents is 1. The molecule has 19 heavy (non-hydrogen) atoms. The van der Waals surface area contributed by atoms with Gasteiger partial charge < -0.3 is 9.84 Å². The summed E-state index contributed by atoms with van der Waals surface area (Å²) in [4.78, 5) is 2.40. The Bertz CT molecular complexity index is 443. The fourth-order valence-electron chi connectivity index (χ4n) is 2.53. The van der Waals surface area contributed by atoms with Crippen molar-refractivity contribution in [3.63, 3.8) is 0 Å². The van der Waals surface area contributed by atoms with Crippen molar-refractivity contribution in [2.45, 2.75) is 39.7 Å². The van der Waals surface area contributed by atoms with Gasteiger partial charge in [0.25, 0.3) is 0 Å². The molecule has 106 valence electrons. The second-order valence-corrected chi connectivity index (χ2v) is 6.45. The Balaban J connectivity index is 2.23. The molecule has 1 fully saturated rings. The summed E-state index contributed by atoms with van der Waals surface area (Å²) in [6.45, 7) is 13.0. The lowest BCUT2D eigenvalue weighted by Gasteiger charge is -2.28. The molecule has 0 aliphatic carbocycles. The van der Waals surface area contributed by atoms with Crippen LogP contribution in [0.15, 0.2) is 12.1 Å². The summed E-state index contributed by atoms with van der Waals surface area (Å²) < 4.78 is 5.38. The van der Waals surface area contributed by atoms with Crippen LogP contribution in [-0.4, -0.2) is 36.3 Å². The monoisotopic (exact) mass is 263 g/mol. The van der Waals surface area contributed by atoms with E-state index in [0.29, 0.717) is 5.75 Å². The number of rotatable bonds is 2. The number of benzene rings is 1. The lowest BCUT2D eigenvalue weighted by atomic mass is 9.84. The number of aromatic hydroxyl groups is 1. The van der Waals surface area contributed by atoms with E-state index in [-0.39, 0.29) is 5.41 Å². The summed E-state index contributed by atoms with van der Waals surface area (Å²) in [7, 11) is 0. The van der Waals surface area contributed by atoms with Gasteiger partial charge >= 0.3 is 0 Å². The zero-order valence-corrected chi connectivity index (χ0v) is 12.5. The fraction of sp³-hybridized carbons (Fsp3) is 0.625. The summed E-state index contributed by atoms with van der Waals surface area (Å²) in [5.74, 6) is 0.443. The van der Waals surface area contributed by atoms with Gasteiger partial charge in [-0.15, -0.1) is 0 Å². The molecule has 3 nitrogen and oxygen atoms in total. The normalized spacial score (nSPS) is 17.7. The minimum Gasteiger partial charge on any atom is -0.507 e. The van der Waals surface area contributed by atoms with Crippen LogP contribution in [0.25, 0.3) is 0 Å². The Morgan fingerprint density at radius 3 is 2.42 bits per heavy atom. The molecule has 0 spiro atoms. The molecule has 3 heteroatoms. The van der Waals surface area contributed by atoms with Crippen LogP contribution >= 0.6 is 0 Å². The van der Waals surface area contributed by atoms with Gasteiger partial charge in [-0.1, -0.05) is 32.9 Å². The van der Waals surface area contributed by atoms with E-state index < -0.39 is 0 Å². The summed E-state index contributed by atoms with van der Waals surface area (Å²) >= 11 is 0. The highest BCUT2D eigenvalue weighted by molar-refractivity contribution is 5.46. The zero-order valence-electron chi connectivity index (χ0n) is 12.5. The third-order valence-corrected chi connectivity index (χ3v) is 3.68. The molecule has 0 unspecified atom stereocenters. The summed E-state index contributed by atoms with van der Waals surface area (Å²) in [5.41, 5.74) is 3.25. The molecule has 2 rings (SSSR count). The van der Waals surface area contributed by atoms with E-state index in [1.165, 1.54) is 5.56 Å². The molecule has 1 N–H and O–H groups in total. The van der Waals surface area contributed by atoms with E-state index in [1.54, 1.807) is 0 Å². The van der Waals surface area contributed by atoms with Crippen LogP contribution in [0.1, 0.15) is 37.5 Å². The Morgan fingerprint density at radius 1 is 1.21 bits per heavy atom. The molecule has 1 heterocycles. The SMILES string of the molecule is Cc1cc(CN2CCOCC2)cc(C(C)(C)C)c1O. The first kappa shape index (κ1) is 14.4. The molecule has 1 aliphatic rings. The average molecular weight is 263 g/mol. The minimum absolute atomic E-state index is 0.0319. The first-order valence-corrected chi connectivity index (χ1v) is 7.01. The third kappa shape index (κ3) is 3.48. The molecule has 0 bridgehead atoms. The van der Waals surface area contributed by atoms with E-state index in [4.69, 9.17) is 4.74 Å². The Labute approximate surface area is 116 Å². The average Bonchev–Trinajstić information content (AvgIpc) is 2.33. The van der Waals surface area contributed by atoms with Gasteiger partial charge in [0, 0.05) is 19.6 Å². The predicted molar refractivity (Wildman–Crippen MR) is 77.6 cm³/mol. The standard InChI is InChI=1S/C16H25NO2/c1-12-9-13(11-17-5-7-19-8-6-17)10-14(15(12)18)16(2,3)4/h9-10,18H,5-8,11H2,1-4H3. The van der Waals surface area contributed by atoms with Gasteiger partial charge in [0.1, 0.15) is 5.75 Å². The molecule has 0 aromatic heterocycles. The zero-order chi connectivity index (χ0) is 14.0. The van der Waals surface area contributed by atoms with Gasteiger partial charge in [-0.05, 0) is 29.0 Å². The van der Waals surface area contributed by atoms with Crippen molar-refractivity contribution in [1.82, 2.24) is 4.90 Å². The number of aryl methyl sites for hydroxylation is 1. The highest BCUT2D eigenvalue weighted by Crippen LogP contribution is 2.34. The van der Waals surface area contributed by atoms with E-state index in [9.17, 15) is 5.11 Å². The van der Waals surface area contributed by atoms with E-state index in [2.05, 4.69) is 37.8 Å². The van der Waals surface area contributed by atoms with Crippen molar-refractivity contribution in [3.05, 3.63) is 28.8 Å². The van der Waals surface area contributed by atoms with E-state index in [0.717, 1.165) is 44.0 Å². The first-order valence-electron chi connectivity index (χ1n) is 7.01. The van der Waals surface area contributed by atoms with Gasteiger partial charge in [-0.3, -0.25) is 4.90 Å². The summed E-state index contributed by atoms with van der Waals surface area (Å²) in [6, 6.07) is 4.25. The maximum Gasteiger partial charge on any atom is 0.122 e. The summed E-state index contributed by atoms with van der Waals surface area (Å²) in [6.07, 6.45) is 0. The van der Waals surface area contributed by atoms with Gasteiger partial charge in [0.2, 0.25) is 0 Å². The molecule has 1 aromatic rings. The van der Waals surface area contributed by atoms with Crippen LogP contribution in [0.3, 0.4) is 0 Å². The lowest BCUT2D eigenvalue weighted by molar-refractivity contribution is 0.0341. The van der Waals surface area contributed by atoms with Crippen LogP contribution in [0.5, 0.6) is 5.75 Å². The van der Waals surface area contributed by atoms with Crippen molar-refractivity contribution in [2.24, 2.45) is 0 Å². The smallest absolute Gasteiger partial charge is 0.122 e. The van der Waals surface area contributed by atoms with E-state index in [1.807, 2.05) is 6.92 Å². The van der Waals surface area contributed by atoms with Crippen molar-refractivity contribution in [1.29, 1.82) is 0 Å². The highest BCUT2D eigenvalue weighted by Gasteiger charge is 2.21.